The summed E-state index contributed by atoms with van der Waals surface area (Å²) in [6.45, 7) is 2.70. The van der Waals surface area contributed by atoms with Crippen molar-refractivity contribution in [2.45, 2.75) is 25.3 Å². The van der Waals surface area contributed by atoms with Gasteiger partial charge >= 0.3 is 0 Å². The van der Waals surface area contributed by atoms with E-state index in [9.17, 15) is 4.79 Å². The number of nitrogens with one attached hydrogen (secondary N) is 1. The van der Waals surface area contributed by atoms with E-state index in [0.29, 0.717) is 5.91 Å². The van der Waals surface area contributed by atoms with E-state index in [-0.39, 0.29) is 24.4 Å². The number of halogens is 2. The summed E-state index contributed by atoms with van der Waals surface area (Å²) in [5, 5.41) is 4.02. The van der Waals surface area contributed by atoms with E-state index in [1.54, 1.807) is 0 Å². The van der Waals surface area contributed by atoms with Gasteiger partial charge in [0.15, 0.2) is 0 Å². The zero-order valence-electron chi connectivity index (χ0n) is 11.3. The van der Waals surface area contributed by atoms with Crippen molar-refractivity contribution >= 4 is 29.9 Å². The first-order valence-electron chi connectivity index (χ1n) is 7.02. The molecule has 2 fully saturated rings. The highest BCUT2D eigenvalue weighted by molar-refractivity contribution is 6.30. The largest absolute Gasteiger partial charge is 0.335 e. The first-order valence-corrected chi connectivity index (χ1v) is 7.40. The summed E-state index contributed by atoms with van der Waals surface area (Å²) in [4.78, 5) is 14.6. The van der Waals surface area contributed by atoms with E-state index in [1.165, 1.54) is 5.56 Å². The lowest BCUT2D eigenvalue weighted by atomic mass is 10.0. The monoisotopic (exact) mass is 314 g/mol. The highest BCUT2D eigenvalue weighted by Crippen LogP contribution is 2.34. The topological polar surface area (TPSA) is 32.3 Å². The van der Waals surface area contributed by atoms with Crippen LogP contribution in [-0.4, -0.2) is 30.4 Å². The minimum Gasteiger partial charge on any atom is -0.335 e. The van der Waals surface area contributed by atoms with Gasteiger partial charge in [0.1, 0.15) is 0 Å². The fourth-order valence-corrected chi connectivity index (χ4v) is 3.29. The number of benzene rings is 1. The molecule has 1 aromatic rings. The molecule has 0 aromatic heterocycles. The van der Waals surface area contributed by atoms with Gasteiger partial charge in [-0.3, -0.25) is 4.79 Å². The highest BCUT2D eigenvalue weighted by atomic mass is 35.5. The lowest BCUT2D eigenvalue weighted by molar-refractivity contribution is -0.135. The molecule has 2 atom stereocenters. The van der Waals surface area contributed by atoms with Gasteiger partial charge in [-0.05, 0) is 43.5 Å². The lowest BCUT2D eigenvalue weighted by Crippen LogP contribution is -2.36. The van der Waals surface area contributed by atoms with Gasteiger partial charge in [0.25, 0.3) is 0 Å². The van der Waals surface area contributed by atoms with Crippen LogP contribution in [-0.2, 0) is 4.79 Å². The maximum absolute atomic E-state index is 12.6. The van der Waals surface area contributed by atoms with Crippen LogP contribution in [0.2, 0.25) is 5.02 Å². The Labute approximate surface area is 131 Å². The molecule has 20 heavy (non-hydrogen) atoms. The molecule has 5 heteroatoms. The molecule has 3 nitrogen and oxygen atoms in total. The summed E-state index contributed by atoms with van der Waals surface area (Å²) in [6.07, 6.45) is 3.13. The Kier molecular flexibility index (Phi) is 5.30. The standard InChI is InChI=1S/C15H19ClN2O.ClH/c16-13-5-3-11(4-6-13)14-2-1-9-18(14)15(19)12-7-8-17-10-12;/h3-6,12,14,17H,1-2,7-10H2;1H. The number of hydrogen-bond donors (Lipinski definition) is 1. The van der Waals surface area contributed by atoms with Crippen molar-refractivity contribution in [2.75, 3.05) is 19.6 Å². The Bertz CT molecular complexity index is 457. The first-order chi connectivity index (χ1) is 9.25. The van der Waals surface area contributed by atoms with Crippen LogP contribution in [0, 0.1) is 5.92 Å². The molecule has 2 aliphatic heterocycles. The summed E-state index contributed by atoms with van der Waals surface area (Å²) in [5.74, 6) is 0.496. The van der Waals surface area contributed by atoms with E-state index in [2.05, 4.69) is 10.2 Å². The van der Waals surface area contributed by atoms with Crippen molar-refractivity contribution in [3.63, 3.8) is 0 Å². The molecule has 0 radical (unpaired) electrons. The van der Waals surface area contributed by atoms with Crippen LogP contribution < -0.4 is 5.32 Å². The number of carbonyl (C=O) groups is 1. The predicted octanol–water partition coefficient (Wildman–Crippen LogP) is 3.03. The van der Waals surface area contributed by atoms with Crippen molar-refractivity contribution in [2.24, 2.45) is 5.92 Å². The molecule has 110 valence electrons. The molecule has 3 rings (SSSR count). The second-order valence-corrected chi connectivity index (χ2v) is 5.87. The van der Waals surface area contributed by atoms with Gasteiger partial charge in [-0.2, -0.15) is 0 Å². The number of amides is 1. The van der Waals surface area contributed by atoms with E-state index in [4.69, 9.17) is 11.6 Å². The third-order valence-corrected chi connectivity index (χ3v) is 4.45. The van der Waals surface area contributed by atoms with Crippen LogP contribution in [0.4, 0.5) is 0 Å². The molecule has 1 amide bonds. The van der Waals surface area contributed by atoms with Gasteiger partial charge in [0, 0.05) is 18.1 Å². The number of carbonyl (C=O) groups excluding carboxylic acids is 1. The molecule has 2 saturated heterocycles. The average Bonchev–Trinajstić information content (AvgIpc) is 3.10. The molecule has 2 unspecified atom stereocenters. The molecule has 0 saturated carbocycles. The van der Waals surface area contributed by atoms with E-state index < -0.39 is 0 Å². The molecule has 2 heterocycles. The molecule has 1 N–H and O–H groups in total. The average molecular weight is 315 g/mol. The van der Waals surface area contributed by atoms with Crippen molar-refractivity contribution in [3.8, 4) is 0 Å². The Balaban J connectivity index is 0.00000147. The van der Waals surface area contributed by atoms with Crippen LogP contribution in [0.1, 0.15) is 30.9 Å². The fourth-order valence-electron chi connectivity index (χ4n) is 3.16. The summed E-state index contributed by atoms with van der Waals surface area (Å²) < 4.78 is 0. The minimum atomic E-state index is 0. The number of likely N-dealkylation sites (tertiary alicyclic amines) is 1. The van der Waals surface area contributed by atoms with Crippen LogP contribution in [0.15, 0.2) is 24.3 Å². The fraction of sp³-hybridized carbons (Fsp3) is 0.533. The van der Waals surface area contributed by atoms with E-state index >= 15 is 0 Å². The molecule has 2 aliphatic rings. The third-order valence-electron chi connectivity index (χ3n) is 4.20. The van der Waals surface area contributed by atoms with Gasteiger partial charge in [0.05, 0.1) is 12.0 Å². The van der Waals surface area contributed by atoms with Crippen molar-refractivity contribution in [1.29, 1.82) is 0 Å². The summed E-state index contributed by atoms with van der Waals surface area (Å²) in [7, 11) is 0. The smallest absolute Gasteiger partial charge is 0.227 e. The molecule has 0 bridgehead atoms. The maximum atomic E-state index is 12.6. The normalized spacial score (nSPS) is 25.6. The second-order valence-electron chi connectivity index (χ2n) is 5.43. The lowest BCUT2D eigenvalue weighted by Gasteiger charge is -2.27. The number of rotatable bonds is 2. The van der Waals surface area contributed by atoms with E-state index in [0.717, 1.165) is 43.9 Å². The summed E-state index contributed by atoms with van der Waals surface area (Å²) in [6, 6.07) is 8.16. The summed E-state index contributed by atoms with van der Waals surface area (Å²) in [5.41, 5.74) is 1.21. The SMILES string of the molecule is Cl.O=C(C1CCNC1)N1CCCC1c1ccc(Cl)cc1. The molecule has 0 aliphatic carbocycles. The zero-order chi connectivity index (χ0) is 13.2. The number of nitrogens with zero attached hydrogens (tertiary/aromatic N) is 1. The Morgan fingerprint density at radius 2 is 2.00 bits per heavy atom. The van der Waals surface area contributed by atoms with Crippen molar-refractivity contribution in [3.05, 3.63) is 34.9 Å². The third kappa shape index (κ3) is 3.11. The number of hydrogen-bond acceptors (Lipinski definition) is 2. The zero-order valence-corrected chi connectivity index (χ0v) is 12.9. The Hall–Kier alpha value is -0.770. The predicted molar refractivity (Wildman–Crippen MR) is 83.4 cm³/mol. The molecule has 0 spiro atoms. The molecule has 1 aromatic carbocycles. The quantitative estimate of drug-likeness (QED) is 0.910. The molecular weight excluding hydrogens is 295 g/mol. The van der Waals surface area contributed by atoms with Gasteiger partial charge in [-0.15, -0.1) is 12.4 Å². The Morgan fingerprint density at radius 3 is 2.65 bits per heavy atom. The van der Waals surface area contributed by atoms with Gasteiger partial charge in [-0.25, -0.2) is 0 Å². The van der Waals surface area contributed by atoms with Crippen molar-refractivity contribution < 1.29 is 4.79 Å². The minimum absolute atomic E-state index is 0. The first kappa shape index (κ1) is 15.6. The molecular formula is C15H20Cl2N2O. The van der Waals surface area contributed by atoms with Gasteiger partial charge in [0.2, 0.25) is 5.91 Å². The maximum Gasteiger partial charge on any atom is 0.227 e. The van der Waals surface area contributed by atoms with Gasteiger partial charge in [-0.1, -0.05) is 23.7 Å². The van der Waals surface area contributed by atoms with Crippen LogP contribution in [0.3, 0.4) is 0 Å². The Morgan fingerprint density at radius 1 is 1.25 bits per heavy atom. The second kappa shape index (κ2) is 6.79. The highest BCUT2D eigenvalue weighted by Gasteiger charge is 2.34. The van der Waals surface area contributed by atoms with Crippen LogP contribution in [0.5, 0.6) is 0 Å². The van der Waals surface area contributed by atoms with Gasteiger partial charge < -0.3 is 10.2 Å². The van der Waals surface area contributed by atoms with E-state index in [1.807, 2.05) is 24.3 Å². The van der Waals surface area contributed by atoms with Crippen molar-refractivity contribution in [1.82, 2.24) is 10.2 Å². The van der Waals surface area contributed by atoms with Crippen LogP contribution in [0.25, 0.3) is 0 Å². The van der Waals surface area contributed by atoms with Crippen LogP contribution >= 0.6 is 24.0 Å². The summed E-state index contributed by atoms with van der Waals surface area (Å²) >= 11 is 5.93.